The van der Waals surface area contributed by atoms with Crippen molar-refractivity contribution in [2.45, 2.75) is 19.4 Å². The molecule has 23 heavy (non-hydrogen) atoms. The maximum Gasteiger partial charge on any atom is 0.213 e. The maximum absolute atomic E-state index is 5.94. The summed E-state index contributed by atoms with van der Waals surface area (Å²) in [6.07, 6.45) is 4.22. The van der Waals surface area contributed by atoms with Crippen LogP contribution in [0.4, 0.5) is 0 Å². The summed E-state index contributed by atoms with van der Waals surface area (Å²) < 4.78 is 16.4. The number of benzene rings is 1. The van der Waals surface area contributed by atoms with Crippen molar-refractivity contribution in [3.63, 3.8) is 0 Å². The highest BCUT2D eigenvalue weighted by molar-refractivity contribution is 5.45. The third-order valence-electron chi connectivity index (χ3n) is 3.98. The van der Waals surface area contributed by atoms with Crippen LogP contribution in [0, 0.1) is 0 Å². The molecule has 0 atom stereocenters. The maximum atomic E-state index is 5.94. The van der Waals surface area contributed by atoms with E-state index >= 15 is 0 Å². The van der Waals surface area contributed by atoms with Gasteiger partial charge in [0.2, 0.25) is 5.88 Å². The molecule has 1 aromatic heterocycles. The van der Waals surface area contributed by atoms with Crippen LogP contribution in [0.5, 0.6) is 23.1 Å². The predicted octanol–water partition coefficient (Wildman–Crippen LogP) is 3.49. The van der Waals surface area contributed by atoms with Gasteiger partial charge in [-0.25, -0.2) is 4.98 Å². The first-order valence-electron chi connectivity index (χ1n) is 7.85. The highest BCUT2D eigenvalue weighted by atomic mass is 16.5. The molecule has 0 radical (unpaired) electrons. The molecule has 0 amide bonds. The zero-order valence-electron chi connectivity index (χ0n) is 13.6. The summed E-state index contributed by atoms with van der Waals surface area (Å²) >= 11 is 0. The van der Waals surface area contributed by atoms with Crippen LogP contribution in [-0.2, 0) is 6.54 Å². The van der Waals surface area contributed by atoms with Crippen LogP contribution in [0.25, 0.3) is 0 Å². The zero-order chi connectivity index (χ0) is 16.1. The normalized spacial score (nSPS) is 14.7. The van der Waals surface area contributed by atoms with Gasteiger partial charge in [-0.2, -0.15) is 0 Å². The van der Waals surface area contributed by atoms with E-state index in [0.717, 1.165) is 6.54 Å². The van der Waals surface area contributed by atoms with Crippen molar-refractivity contribution in [3.05, 3.63) is 42.1 Å². The molecule has 1 fully saturated rings. The quantitative estimate of drug-likeness (QED) is 0.816. The smallest absolute Gasteiger partial charge is 0.213 e. The minimum Gasteiger partial charge on any atom is -0.493 e. The van der Waals surface area contributed by atoms with Gasteiger partial charge in [0.1, 0.15) is 5.75 Å². The minimum atomic E-state index is 0.562. The fraction of sp³-hybridized carbons (Fsp3) is 0.389. The Morgan fingerprint density at radius 1 is 1.00 bits per heavy atom. The van der Waals surface area contributed by atoms with E-state index in [1.165, 1.54) is 31.5 Å². The predicted molar refractivity (Wildman–Crippen MR) is 88.4 cm³/mol. The molecule has 1 aromatic carbocycles. The molecule has 1 saturated heterocycles. The third-order valence-corrected chi connectivity index (χ3v) is 3.98. The van der Waals surface area contributed by atoms with Gasteiger partial charge in [-0.15, -0.1) is 0 Å². The summed E-state index contributed by atoms with van der Waals surface area (Å²) in [6, 6.07) is 9.70. The molecule has 5 nitrogen and oxygen atoms in total. The first-order valence-corrected chi connectivity index (χ1v) is 7.85. The van der Waals surface area contributed by atoms with Crippen molar-refractivity contribution >= 4 is 0 Å². The Bertz CT molecular complexity index is 637. The minimum absolute atomic E-state index is 0.562. The second kappa shape index (κ2) is 7.33. The van der Waals surface area contributed by atoms with E-state index in [2.05, 4.69) is 16.0 Å². The highest BCUT2D eigenvalue weighted by Crippen LogP contribution is 2.33. The van der Waals surface area contributed by atoms with E-state index in [4.69, 9.17) is 14.2 Å². The van der Waals surface area contributed by atoms with Crippen molar-refractivity contribution in [1.82, 2.24) is 9.88 Å². The Morgan fingerprint density at radius 3 is 2.48 bits per heavy atom. The zero-order valence-corrected chi connectivity index (χ0v) is 13.6. The van der Waals surface area contributed by atoms with Gasteiger partial charge in [-0.3, -0.25) is 4.90 Å². The Hall–Kier alpha value is -2.27. The number of hydrogen-bond acceptors (Lipinski definition) is 5. The van der Waals surface area contributed by atoms with E-state index in [1.54, 1.807) is 26.5 Å². The molecule has 1 aliphatic rings. The van der Waals surface area contributed by atoms with Crippen LogP contribution < -0.4 is 14.2 Å². The van der Waals surface area contributed by atoms with Crippen molar-refractivity contribution < 1.29 is 14.2 Å². The van der Waals surface area contributed by atoms with Crippen LogP contribution in [0.3, 0.4) is 0 Å². The molecule has 0 saturated carbocycles. The third kappa shape index (κ3) is 3.93. The summed E-state index contributed by atoms with van der Waals surface area (Å²) in [5, 5.41) is 0. The number of aromatic nitrogens is 1. The van der Waals surface area contributed by atoms with Gasteiger partial charge in [-0.05, 0) is 49.7 Å². The Morgan fingerprint density at radius 2 is 1.83 bits per heavy atom. The molecule has 3 rings (SSSR count). The van der Waals surface area contributed by atoms with Gasteiger partial charge < -0.3 is 14.2 Å². The first-order chi connectivity index (χ1) is 11.3. The summed E-state index contributed by atoms with van der Waals surface area (Å²) in [4.78, 5) is 6.62. The second-order valence-electron chi connectivity index (χ2n) is 5.61. The van der Waals surface area contributed by atoms with Gasteiger partial charge in [-0.1, -0.05) is 6.07 Å². The fourth-order valence-electron chi connectivity index (χ4n) is 2.77. The Balaban J connectivity index is 1.77. The molecule has 0 bridgehead atoms. The van der Waals surface area contributed by atoms with E-state index in [1.807, 2.05) is 18.2 Å². The summed E-state index contributed by atoms with van der Waals surface area (Å²) in [5.41, 5.74) is 1.23. The van der Waals surface area contributed by atoms with Crippen LogP contribution in [0.2, 0.25) is 0 Å². The van der Waals surface area contributed by atoms with Gasteiger partial charge in [0, 0.05) is 12.6 Å². The number of rotatable bonds is 6. The van der Waals surface area contributed by atoms with Crippen molar-refractivity contribution in [3.8, 4) is 23.1 Å². The van der Waals surface area contributed by atoms with Gasteiger partial charge in [0.25, 0.3) is 0 Å². The topological polar surface area (TPSA) is 43.8 Å². The van der Waals surface area contributed by atoms with E-state index in [9.17, 15) is 0 Å². The molecule has 1 aliphatic heterocycles. The van der Waals surface area contributed by atoms with E-state index < -0.39 is 0 Å². The van der Waals surface area contributed by atoms with E-state index in [0.29, 0.717) is 23.1 Å². The lowest BCUT2D eigenvalue weighted by Crippen LogP contribution is -2.18. The average Bonchev–Trinajstić information content (AvgIpc) is 3.09. The van der Waals surface area contributed by atoms with Crippen molar-refractivity contribution in [2.75, 3.05) is 27.3 Å². The number of nitrogens with zero attached hydrogens (tertiary/aromatic N) is 2. The molecule has 122 valence electrons. The molecular weight excluding hydrogens is 292 g/mol. The number of ether oxygens (including phenoxy) is 3. The van der Waals surface area contributed by atoms with Gasteiger partial charge in [0.05, 0.1) is 20.4 Å². The molecule has 0 unspecified atom stereocenters. The SMILES string of the molecule is COc1ccc(Oc2cc(CN3CCCC3)ccc2OC)cn1. The average molecular weight is 314 g/mol. The summed E-state index contributed by atoms with van der Waals surface area (Å²) in [6.45, 7) is 3.29. The molecule has 2 heterocycles. The largest absolute Gasteiger partial charge is 0.493 e. The molecular formula is C18H22N2O3. The molecule has 0 aliphatic carbocycles. The molecule has 0 N–H and O–H groups in total. The van der Waals surface area contributed by atoms with Crippen LogP contribution in [-0.4, -0.2) is 37.2 Å². The summed E-state index contributed by atoms with van der Waals surface area (Å²) in [7, 11) is 3.24. The van der Waals surface area contributed by atoms with Crippen LogP contribution in [0.1, 0.15) is 18.4 Å². The van der Waals surface area contributed by atoms with Crippen molar-refractivity contribution in [2.24, 2.45) is 0 Å². The summed E-state index contributed by atoms with van der Waals surface area (Å²) in [5.74, 6) is 2.64. The lowest BCUT2D eigenvalue weighted by molar-refractivity contribution is 0.329. The lowest BCUT2D eigenvalue weighted by Gasteiger charge is -2.16. The monoisotopic (exact) mass is 314 g/mol. The van der Waals surface area contributed by atoms with Crippen molar-refractivity contribution in [1.29, 1.82) is 0 Å². The Kier molecular flexibility index (Phi) is 4.98. The first kappa shape index (κ1) is 15.6. The number of likely N-dealkylation sites (tertiary alicyclic amines) is 1. The second-order valence-corrected chi connectivity index (χ2v) is 5.61. The molecule has 2 aromatic rings. The highest BCUT2D eigenvalue weighted by Gasteiger charge is 2.14. The Labute approximate surface area is 136 Å². The molecule has 0 spiro atoms. The molecule has 5 heteroatoms. The van der Waals surface area contributed by atoms with Crippen LogP contribution >= 0.6 is 0 Å². The van der Waals surface area contributed by atoms with E-state index in [-0.39, 0.29) is 0 Å². The number of hydrogen-bond donors (Lipinski definition) is 0. The van der Waals surface area contributed by atoms with Gasteiger partial charge >= 0.3 is 0 Å². The standard InChI is InChI=1S/C18H22N2O3/c1-21-16-7-5-14(13-20-9-3-4-10-20)11-17(16)23-15-6-8-18(22-2)19-12-15/h5-8,11-12H,3-4,9-10,13H2,1-2H3. The van der Waals surface area contributed by atoms with Gasteiger partial charge in [0.15, 0.2) is 11.5 Å². The van der Waals surface area contributed by atoms with Crippen LogP contribution in [0.15, 0.2) is 36.5 Å². The lowest BCUT2D eigenvalue weighted by atomic mass is 10.2. The fourth-order valence-corrected chi connectivity index (χ4v) is 2.77. The number of pyridine rings is 1. The number of methoxy groups -OCH3 is 2.